The zero-order valence-corrected chi connectivity index (χ0v) is 15.8. The smallest absolute Gasteiger partial charge is 0.328 e. The highest BCUT2D eigenvalue weighted by atomic mass is 32.1. The van der Waals surface area contributed by atoms with Crippen molar-refractivity contribution in [3.63, 3.8) is 0 Å². The van der Waals surface area contributed by atoms with Gasteiger partial charge in [0.25, 0.3) is 0 Å². The summed E-state index contributed by atoms with van der Waals surface area (Å²) in [5.41, 5.74) is 0. The predicted molar refractivity (Wildman–Crippen MR) is 99.2 cm³/mol. The largest absolute Gasteiger partial charge is 0.480 e. The lowest BCUT2D eigenvalue weighted by Gasteiger charge is -2.23. The van der Waals surface area contributed by atoms with Crippen LogP contribution in [0.15, 0.2) is 0 Å². The minimum atomic E-state index is -1.49. The van der Waals surface area contributed by atoms with Crippen molar-refractivity contribution in [3.8, 4) is 0 Å². The molecule has 1 fully saturated rings. The van der Waals surface area contributed by atoms with Crippen LogP contribution in [0.1, 0.15) is 12.8 Å². The first-order chi connectivity index (χ1) is 12.3. The normalized spacial score (nSPS) is 19.9. The summed E-state index contributed by atoms with van der Waals surface area (Å²) in [5.74, 6) is -3.27. The van der Waals surface area contributed by atoms with Gasteiger partial charge < -0.3 is 31.5 Å². The van der Waals surface area contributed by atoms with Gasteiger partial charge in [0.2, 0.25) is 17.7 Å². The summed E-state index contributed by atoms with van der Waals surface area (Å²) in [6.45, 7) is -0.0641. The first-order valence-corrected chi connectivity index (χ1v) is 9.30. The van der Waals surface area contributed by atoms with Gasteiger partial charge in [0.1, 0.15) is 18.1 Å². The summed E-state index contributed by atoms with van der Waals surface area (Å²) in [5, 5.41) is 27.9. The van der Waals surface area contributed by atoms with Crippen LogP contribution in [0.25, 0.3) is 0 Å². The monoisotopic (exact) mass is 408 g/mol. The molecule has 0 aromatic heterocycles. The maximum atomic E-state index is 12.3. The molecule has 0 radical (unpaired) electrons. The number of amides is 3. The van der Waals surface area contributed by atoms with Crippen molar-refractivity contribution in [2.45, 2.75) is 37.0 Å². The molecule has 4 unspecified atom stereocenters. The topological polar surface area (TPSA) is 157 Å². The first kappa shape index (κ1) is 22.5. The Labute approximate surface area is 161 Å². The average Bonchev–Trinajstić information content (AvgIpc) is 3.15. The summed E-state index contributed by atoms with van der Waals surface area (Å²) in [6.07, 6.45) is 1.54. The molecular weight excluding hydrogens is 384 g/mol. The summed E-state index contributed by atoms with van der Waals surface area (Å²) >= 11 is 8.02. The molecule has 12 heteroatoms. The van der Waals surface area contributed by atoms with E-state index in [9.17, 15) is 19.2 Å². The number of aliphatic carboxylic acids is 1. The van der Waals surface area contributed by atoms with Crippen LogP contribution >= 0.6 is 25.3 Å². The van der Waals surface area contributed by atoms with Crippen LogP contribution in [0.5, 0.6) is 0 Å². The Morgan fingerprint density at radius 2 is 1.54 bits per heavy atom. The quantitative estimate of drug-likeness (QED) is 0.181. The van der Waals surface area contributed by atoms with Gasteiger partial charge in [-0.15, -0.1) is 0 Å². The fourth-order valence-electron chi connectivity index (χ4n) is 2.30. The lowest BCUT2D eigenvalue weighted by Crippen LogP contribution is -2.58. The molecule has 1 saturated heterocycles. The maximum Gasteiger partial charge on any atom is 0.328 e. The highest BCUT2D eigenvalue weighted by Crippen LogP contribution is 2.05. The van der Waals surface area contributed by atoms with Crippen molar-refractivity contribution in [2.75, 3.05) is 24.7 Å². The van der Waals surface area contributed by atoms with E-state index in [1.54, 1.807) is 0 Å². The van der Waals surface area contributed by atoms with E-state index in [1.807, 2.05) is 0 Å². The first-order valence-electron chi connectivity index (χ1n) is 8.03. The number of nitrogens with one attached hydrogen (secondary N) is 4. The van der Waals surface area contributed by atoms with E-state index >= 15 is 0 Å². The number of rotatable bonds is 10. The molecule has 3 amide bonds. The molecule has 6 N–H and O–H groups in total. The molecule has 0 aromatic rings. The van der Waals surface area contributed by atoms with Crippen molar-refractivity contribution in [1.29, 1.82) is 0 Å². The zero-order chi connectivity index (χ0) is 19.7. The van der Waals surface area contributed by atoms with E-state index < -0.39 is 42.5 Å². The Bertz CT molecular complexity index is 530. The lowest BCUT2D eigenvalue weighted by molar-refractivity contribution is -0.143. The average molecular weight is 409 g/mol. The van der Waals surface area contributed by atoms with Crippen molar-refractivity contribution in [3.05, 3.63) is 0 Å². The summed E-state index contributed by atoms with van der Waals surface area (Å²) < 4.78 is 0. The fraction of sp³-hybridized carbons (Fsp3) is 0.714. The van der Waals surface area contributed by atoms with Gasteiger partial charge in [-0.25, -0.2) is 4.79 Å². The summed E-state index contributed by atoms with van der Waals surface area (Å²) in [4.78, 5) is 47.3. The van der Waals surface area contributed by atoms with Crippen molar-refractivity contribution in [1.82, 2.24) is 21.3 Å². The van der Waals surface area contributed by atoms with Crippen molar-refractivity contribution in [2.24, 2.45) is 0 Å². The number of aliphatic hydroxyl groups is 1. The van der Waals surface area contributed by atoms with Gasteiger partial charge in [0.15, 0.2) is 0 Å². The third kappa shape index (κ3) is 6.67. The van der Waals surface area contributed by atoms with Crippen molar-refractivity contribution < 1.29 is 29.4 Å². The number of carboxylic acids is 1. The van der Waals surface area contributed by atoms with Crippen LogP contribution in [0, 0.1) is 0 Å². The third-order valence-electron chi connectivity index (χ3n) is 3.81. The van der Waals surface area contributed by atoms with Gasteiger partial charge in [-0.3, -0.25) is 14.4 Å². The molecule has 0 saturated carbocycles. The minimum Gasteiger partial charge on any atom is -0.480 e. The minimum absolute atomic E-state index is 0.0135. The number of carbonyl (C=O) groups is 4. The highest BCUT2D eigenvalue weighted by Gasteiger charge is 2.30. The van der Waals surface area contributed by atoms with E-state index in [4.69, 9.17) is 10.2 Å². The molecule has 0 spiro atoms. The van der Waals surface area contributed by atoms with Crippen LogP contribution < -0.4 is 21.3 Å². The molecule has 1 aliphatic rings. The molecule has 1 heterocycles. The lowest BCUT2D eigenvalue weighted by atomic mass is 10.2. The van der Waals surface area contributed by atoms with E-state index in [0.717, 1.165) is 13.0 Å². The Kier molecular flexibility index (Phi) is 9.76. The van der Waals surface area contributed by atoms with Gasteiger partial charge >= 0.3 is 5.97 Å². The molecule has 10 nitrogen and oxygen atoms in total. The SMILES string of the molecule is O=C(O)C(CO)NC(=O)C(CS)NC(=O)C(CS)NC(=O)C1CCCN1. The summed E-state index contributed by atoms with van der Waals surface area (Å²) in [7, 11) is 0. The zero-order valence-electron chi connectivity index (χ0n) is 14.0. The molecule has 148 valence electrons. The fourth-order valence-corrected chi connectivity index (χ4v) is 2.81. The van der Waals surface area contributed by atoms with Gasteiger partial charge in [0, 0.05) is 11.5 Å². The second kappa shape index (κ2) is 11.3. The van der Waals surface area contributed by atoms with E-state index in [0.29, 0.717) is 6.42 Å². The number of carboxylic acid groups (broad SMARTS) is 1. The van der Waals surface area contributed by atoms with Gasteiger partial charge in [-0.05, 0) is 19.4 Å². The van der Waals surface area contributed by atoms with E-state index in [2.05, 4.69) is 46.5 Å². The van der Waals surface area contributed by atoms with Crippen LogP contribution in [0.4, 0.5) is 0 Å². The number of hydrogen-bond acceptors (Lipinski definition) is 8. The van der Waals surface area contributed by atoms with Crippen LogP contribution in [-0.4, -0.2) is 82.7 Å². The van der Waals surface area contributed by atoms with E-state index in [-0.39, 0.29) is 23.5 Å². The molecule has 26 heavy (non-hydrogen) atoms. The standard InChI is InChI=1S/C14H24N4O6S2/c19-4-8(14(23)24)16-12(21)9(5-25)18-13(22)10(6-26)17-11(20)7-2-1-3-15-7/h7-10,15,19,25-26H,1-6H2,(H,16,21)(H,17,20)(H,18,22)(H,23,24). The Balaban J connectivity index is 2.63. The number of carbonyl (C=O) groups excluding carboxylic acids is 3. The van der Waals surface area contributed by atoms with Gasteiger partial charge in [0.05, 0.1) is 12.6 Å². The van der Waals surface area contributed by atoms with Crippen LogP contribution in [0.3, 0.4) is 0 Å². The molecule has 0 aromatic carbocycles. The molecule has 4 atom stereocenters. The predicted octanol–water partition coefficient (Wildman–Crippen LogP) is -2.87. The number of aliphatic hydroxyl groups excluding tert-OH is 1. The molecule has 0 bridgehead atoms. The second-order valence-corrected chi connectivity index (χ2v) is 6.45. The Morgan fingerprint density at radius 3 is 1.96 bits per heavy atom. The van der Waals surface area contributed by atoms with E-state index in [1.165, 1.54) is 0 Å². The van der Waals surface area contributed by atoms with Gasteiger partial charge in [-0.2, -0.15) is 25.3 Å². The summed E-state index contributed by atoms with van der Waals surface area (Å²) in [6, 6.07) is -3.95. The molecule has 1 rings (SSSR count). The molecule has 0 aliphatic carbocycles. The molecular formula is C14H24N4O6S2. The van der Waals surface area contributed by atoms with Gasteiger partial charge in [-0.1, -0.05) is 0 Å². The van der Waals surface area contributed by atoms with Crippen LogP contribution in [-0.2, 0) is 19.2 Å². The Morgan fingerprint density at radius 1 is 1.00 bits per heavy atom. The maximum absolute atomic E-state index is 12.3. The highest BCUT2D eigenvalue weighted by molar-refractivity contribution is 7.80. The molecule has 1 aliphatic heterocycles. The van der Waals surface area contributed by atoms with Crippen molar-refractivity contribution >= 4 is 48.9 Å². The second-order valence-electron chi connectivity index (χ2n) is 5.72. The van der Waals surface area contributed by atoms with Crippen LogP contribution in [0.2, 0.25) is 0 Å². The number of hydrogen-bond donors (Lipinski definition) is 8. The Hall–Kier alpha value is -1.50. The third-order valence-corrected chi connectivity index (χ3v) is 4.54. The number of thiol groups is 2.